The first-order chi connectivity index (χ1) is 19.0. The van der Waals surface area contributed by atoms with Gasteiger partial charge < -0.3 is 29.9 Å². The fourth-order valence-electron chi connectivity index (χ4n) is 3.45. The van der Waals surface area contributed by atoms with Gasteiger partial charge in [0.15, 0.2) is 5.78 Å². The highest BCUT2D eigenvalue weighted by Crippen LogP contribution is 2.32. The van der Waals surface area contributed by atoms with Gasteiger partial charge in [-0.1, -0.05) is 42.5 Å². The van der Waals surface area contributed by atoms with Crippen LogP contribution in [0.5, 0.6) is 17.2 Å². The number of benzene rings is 3. The number of aromatic hydroxyl groups is 2. The summed E-state index contributed by atoms with van der Waals surface area (Å²) >= 11 is 0. The summed E-state index contributed by atoms with van der Waals surface area (Å²) < 4.78 is 41.6. The fraction of sp³-hybridized carbons (Fsp3) is 0.259. The minimum absolute atomic E-state index is 0.0204. The van der Waals surface area contributed by atoms with Gasteiger partial charge in [-0.05, 0) is 18.2 Å². The Bertz CT molecular complexity index is 1370. The van der Waals surface area contributed by atoms with E-state index in [1.165, 1.54) is 31.4 Å². The maximum atomic E-state index is 12.3. The van der Waals surface area contributed by atoms with E-state index in [9.17, 15) is 28.2 Å². The molecule has 0 saturated carbocycles. The van der Waals surface area contributed by atoms with E-state index in [0.29, 0.717) is 19.6 Å². The number of nitrogens with zero attached hydrogens (tertiary/aromatic N) is 1. The zero-order valence-corrected chi connectivity index (χ0v) is 22.5. The minimum Gasteiger partial charge on any atom is -0.507 e. The number of phenolic OH excluding ortho intramolecular Hbond substituents is 2. The normalized spacial score (nSPS) is 10.9. The van der Waals surface area contributed by atoms with E-state index < -0.39 is 32.5 Å². The van der Waals surface area contributed by atoms with Crippen LogP contribution in [0.4, 0.5) is 0 Å². The van der Waals surface area contributed by atoms with Crippen LogP contribution in [0.25, 0.3) is 0 Å². The van der Waals surface area contributed by atoms with Crippen molar-refractivity contribution in [1.29, 1.82) is 0 Å². The Morgan fingerprint density at radius 2 is 1.43 bits per heavy atom. The van der Waals surface area contributed by atoms with Crippen molar-refractivity contribution in [2.45, 2.75) is 4.90 Å². The van der Waals surface area contributed by atoms with Crippen molar-refractivity contribution in [2.24, 2.45) is 0 Å². The first-order valence-electron chi connectivity index (χ1n) is 11.9. The zero-order valence-electron chi connectivity index (χ0n) is 21.6. The van der Waals surface area contributed by atoms with E-state index in [2.05, 4.69) is 0 Å². The SMILES string of the molecule is COc1cc(O)c(C(=O)c2ccccc2)cc1S(=O)(=O)O.O=C(OCCN(CCO)CCO)c1ccccc1O. The number of hydrogen-bond acceptors (Lipinski definition) is 11. The molecule has 5 N–H and O–H groups in total. The van der Waals surface area contributed by atoms with Crippen LogP contribution >= 0.6 is 0 Å². The van der Waals surface area contributed by atoms with Crippen molar-refractivity contribution >= 4 is 21.9 Å². The molecule has 0 bridgehead atoms. The lowest BCUT2D eigenvalue weighted by Gasteiger charge is -2.19. The van der Waals surface area contributed by atoms with E-state index in [-0.39, 0.29) is 48.0 Å². The lowest BCUT2D eigenvalue weighted by Crippen LogP contribution is -2.33. The second-order valence-electron chi connectivity index (χ2n) is 8.13. The van der Waals surface area contributed by atoms with Gasteiger partial charge in [-0.3, -0.25) is 14.2 Å². The molecule has 0 spiro atoms. The van der Waals surface area contributed by atoms with E-state index in [1.807, 2.05) is 0 Å². The first-order valence-corrected chi connectivity index (χ1v) is 13.3. The predicted molar refractivity (Wildman–Crippen MR) is 143 cm³/mol. The summed E-state index contributed by atoms with van der Waals surface area (Å²) in [5, 5.41) is 37.0. The molecule has 0 heterocycles. The van der Waals surface area contributed by atoms with Crippen molar-refractivity contribution in [1.82, 2.24) is 4.90 Å². The fourth-order valence-corrected chi connectivity index (χ4v) is 4.11. The Balaban J connectivity index is 0.000000282. The molecule has 40 heavy (non-hydrogen) atoms. The largest absolute Gasteiger partial charge is 0.507 e. The average Bonchev–Trinajstić information content (AvgIpc) is 2.93. The number of para-hydroxylation sites is 1. The van der Waals surface area contributed by atoms with Gasteiger partial charge in [0, 0.05) is 31.3 Å². The molecule has 216 valence electrons. The highest BCUT2D eigenvalue weighted by Gasteiger charge is 2.23. The third kappa shape index (κ3) is 9.32. The van der Waals surface area contributed by atoms with Crippen molar-refractivity contribution in [3.63, 3.8) is 0 Å². The molecule has 0 aromatic heterocycles. The summed E-state index contributed by atoms with van der Waals surface area (Å²) in [6, 6.07) is 16.1. The zero-order chi connectivity index (χ0) is 29.7. The van der Waals surface area contributed by atoms with Crippen molar-refractivity contribution in [2.75, 3.05) is 46.6 Å². The number of carbonyl (C=O) groups is 2. The van der Waals surface area contributed by atoms with E-state index in [4.69, 9.17) is 24.2 Å². The van der Waals surface area contributed by atoms with Crippen LogP contribution in [0.3, 0.4) is 0 Å². The van der Waals surface area contributed by atoms with Crippen LogP contribution in [0, 0.1) is 0 Å². The minimum atomic E-state index is -4.59. The standard InChI is InChI=1S/C14H12O6S.C13H19NO5/c1-20-12-8-11(15)10(7-13(12)21(17,18)19)14(16)9-5-3-2-4-6-9;15-8-5-14(6-9-16)7-10-19-13(18)11-3-1-2-4-12(11)17/h2-8,15H,1H3,(H,17,18,19);1-4,15-17H,5-10H2. The Morgan fingerprint density at radius 3 is 1.98 bits per heavy atom. The summed E-state index contributed by atoms with van der Waals surface area (Å²) in [5.74, 6) is -1.96. The van der Waals surface area contributed by atoms with E-state index in [1.54, 1.807) is 35.2 Å². The number of carbonyl (C=O) groups excluding carboxylic acids is 2. The number of phenols is 2. The van der Waals surface area contributed by atoms with Crippen molar-refractivity contribution in [3.05, 3.63) is 83.4 Å². The molecule has 0 aliphatic carbocycles. The molecule has 3 aromatic rings. The number of methoxy groups -OCH3 is 1. The Morgan fingerprint density at radius 1 is 0.825 bits per heavy atom. The van der Waals surface area contributed by atoms with Gasteiger partial charge in [0.1, 0.15) is 34.3 Å². The lowest BCUT2D eigenvalue weighted by atomic mass is 10.0. The quantitative estimate of drug-likeness (QED) is 0.119. The monoisotopic (exact) mass is 577 g/mol. The maximum Gasteiger partial charge on any atom is 0.341 e. The number of ketones is 1. The predicted octanol–water partition coefficient (Wildman–Crippen LogP) is 1.71. The number of rotatable bonds is 12. The van der Waals surface area contributed by atoms with E-state index in [0.717, 1.165) is 12.1 Å². The molecular formula is C27H31NO11S. The van der Waals surface area contributed by atoms with E-state index >= 15 is 0 Å². The summed E-state index contributed by atoms with van der Waals surface area (Å²) in [6.07, 6.45) is 0. The Hall–Kier alpha value is -4.01. The summed E-state index contributed by atoms with van der Waals surface area (Å²) in [5.41, 5.74) is 0.159. The molecule has 0 aliphatic rings. The molecule has 13 heteroatoms. The molecule has 0 fully saturated rings. The summed E-state index contributed by atoms with van der Waals surface area (Å²) in [4.78, 5) is 25.1. The molecule has 0 saturated heterocycles. The topological polar surface area (TPSA) is 191 Å². The molecular weight excluding hydrogens is 546 g/mol. The molecule has 0 unspecified atom stereocenters. The molecule has 12 nitrogen and oxygen atoms in total. The Labute approximate surface area is 231 Å². The lowest BCUT2D eigenvalue weighted by molar-refractivity contribution is 0.0440. The smallest absolute Gasteiger partial charge is 0.341 e. The molecule has 3 aromatic carbocycles. The molecule has 3 rings (SSSR count). The van der Waals surface area contributed by atoms with Crippen LogP contribution in [-0.2, 0) is 14.9 Å². The van der Waals surface area contributed by atoms with Crippen LogP contribution in [0.1, 0.15) is 26.3 Å². The second-order valence-corrected chi connectivity index (χ2v) is 9.52. The van der Waals surface area contributed by atoms with Gasteiger partial charge in [-0.2, -0.15) is 8.42 Å². The van der Waals surface area contributed by atoms with Crippen LogP contribution in [0.2, 0.25) is 0 Å². The molecule has 0 atom stereocenters. The summed E-state index contributed by atoms with van der Waals surface area (Å²) in [6.45, 7) is 1.33. The number of aliphatic hydroxyl groups is 2. The van der Waals surface area contributed by atoms with Gasteiger partial charge in [-0.25, -0.2) is 4.79 Å². The molecule has 0 radical (unpaired) electrons. The molecule has 0 aliphatic heterocycles. The van der Waals surface area contributed by atoms with Crippen LogP contribution in [0.15, 0.2) is 71.6 Å². The third-order valence-electron chi connectivity index (χ3n) is 5.44. The Kier molecular flexibility index (Phi) is 12.5. The number of esters is 1. The highest BCUT2D eigenvalue weighted by molar-refractivity contribution is 7.86. The van der Waals surface area contributed by atoms with Gasteiger partial charge in [0.05, 0.1) is 25.9 Å². The van der Waals surface area contributed by atoms with Crippen LogP contribution < -0.4 is 4.74 Å². The van der Waals surface area contributed by atoms with Crippen LogP contribution in [-0.4, -0.2) is 96.6 Å². The maximum absolute atomic E-state index is 12.3. The van der Waals surface area contributed by atoms with Gasteiger partial charge in [-0.15, -0.1) is 0 Å². The third-order valence-corrected chi connectivity index (χ3v) is 6.31. The van der Waals surface area contributed by atoms with Gasteiger partial charge in [0.2, 0.25) is 0 Å². The van der Waals surface area contributed by atoms with Crippen molar-refractivity contribution < 1.29 is 52.5 Å². The molecule has 0 amide bonds. The summed E-state index contributed by atoms with van der Waals surface area (Å²) in [7, 11) is -3.41. The highest BCUT2D eigenvalue weighted by atomic mass is 32.2. The first kappa shape index (κ1) is 32.2. The number of ether oxygens (including phenoxy) is 2. The average molecular weight is 578 g/mol. The number of hydrogen-bond donors (Lipinski definition) is 5. The van der Waals surface area contributed by atoms with Gasteiger partial charge >= 0.3 is 5.97 Å². The van der Waals surface area contributed by atoms with Gasteiger partial charge in [0.25, 0.3) is 10.1 Å². The number of aliphatic hydroxyl groups excluding tert-OH is 2. The second kappa shape index (κ2) is 15.5. The van der Waals surface area contributed by atoms with Crippen molar-refractivity contribution in [3.8, 4) is 17.2 Å².